The Hall–Kier alpha value is -2.35. The highest BCUT2D eigenvalue weighted by Gasteiger charge is 2.19. The number of furan rings is 1. The Morgan fingerprint density at radius 1 is 0.900 bits per heavy atom. The number of rotatable bonds is 2. The molecule has 0 unspecified atom stereocenters. The van der Waals surface area contributed by atoms with Gasteiger partial charge in [-0.2, -0.15) is 0 Å². The van der Waals surface area contributed by atoms with Crippen LogP contribution in [0.3, 0.4) is 0 Å². The van der Waals surface area contributed by atoms with Crippen molar-refractivity contribution in [2.45, 2.75) is 20.8 Å². The number of hydrogen-bond acceptors (Lipinski definition) is 2. The summed E-state index contributed by atoms with van der Waals surface area (Å²) in [4.78, 5) is 12.7. The molecule has 1 heterocycles. The highest BCUT2D eigenvalue weighted by molar-refractivity contribution is 6.16. The molecule has 0 aliphatic heterocycles. The average molecular weight is 264 g/mol. The van der Waals surface area contributed by atoms with Gasteiger partial charge in [-0.3, -0.25) is 4.79 Å². The lowest BCUT2D eigenvalue weighted by atomic mass is 9.99. The third kappa shape index (κ3) is 2.03. The van der Waals surface area contributed by atoms with Crippen LogP contribution in [-0.2, 0) is 0 Å². The molecular formula is C18H16O2. The van der Waals surface area contributed by atoms with Crippen molar-refractivity contribution in [3.05, 3.63) is 70.5 Å². The molecule has 0 aliphatic carbocycles. The Bertz CT molecular complexity index is 792. The summed E-state index contributed by atoms with van der Waals surface area (Å²) >= 11 is 0. The van der Waals surface area contributed by atoms with Crippen LogP contribution in [0, 0.1) is 20.8 Å². The van der Waals surface area contributed by atoms with Crippen molar-refractivity contribution in [2.24, 2.45) is 0 Å². The van der Waals surface area contributed by atoms with E-state index in [1.54, 1.807) is 0 Å². The Balaban J connectivity index is 2.18. The summed E-state index contributed by atoms with van der Waals surface area (Å²) in [6, 6.07) is 13.6. The summed E-state index contributed by atoms with van der Waals surface area (Å²) in [5.41, 5.74) is 4.40. The third-order valence-corrected chi connectivity index (χ3v) is 3.56. The molecular weight excluding hydrogens is 248 g/mol. The molecule has 3 aromatic rings. The minimum absolute atomic E-state index is 0.0202. The van der Waals surface area contributed by atoms with Crippen molar-refractivity contribution < 1.29 is 9.21 Å². The van der Waals surface area contributed by atoms with E-state index in [1.165, 1.54) is 0 Å². The number of ketones is 1. The number of carbonyl (C=O) groups excluding carboxylic acids is 1. The van der Waals surface area contributed by atoms with Gasteiger partial charge in [-0.1, -0.05) is 41.5 Å². The third-order valence-electron chi connectivity index (χ3n) is 3.56. The Morgan fingerprint density at radius 3 is 2.25 bits per heavy atom. The Morgan fingerprint density at radius 2 is 1.55 bits per heavy atom. The maximum absolute atomic E-state index is 12.7. The molecule has 2 nitrogen and oxygen atoms in total. The van der Waals surface area contributed by atoms with Crippen LogP contribution < -0.4 is 0 Å². The van der Waals surface area contributed by atoms with Gasteiger partial charge >= 0.3 is 0 Å². The second-order valence-electron chi connectivity index (χ2n) is 5.23. The standard InChI is InChI=1S/C18H16O2/c1-11-4-7-14(8-5-11)18(19)17-13(3)20-16-9-6-12(2)10-15(16)17/h4-10H,1-3H3. The van der Waals surface area contributed by atoms with E-state index < -0.39 is 0 Å². The molecule has 0 saturated carbocycles. The fraction of sp³-hybridized carbons (Fsp3) is 0.167. The van der Waals surface area contributed by atoms with Gasteiger partial charge in [0.1, 0.15) is 11.3 Å². The molecule has 0 atom stereocenters. The van der Waals surface area contributed by atoms with E-state index in [2.05, 4.69) is 0 Å². The summed E-state index contributed by atoms with van der Waals surface area (Å²) in [5, 5.41) is 0.896. The van der Waals surface area contributed by atoms with Crippen LogP contribution in [0.2, 0.25) is 0 Å². The molecule has 1 aromatic heterocycles. The van der Waals surface area contributed by atoms with Crippen molar-refractivity contribution >= 4 is 16.8 Å². The zero-order chi connectivity index (χ0) is 14.3. The van der Waals surface area contributed by atoms with Gasteiger partial charge in [0.25, 0.3) is 0 Å². The first kappa shape index (κ1) is 12.7. The largest absolute Gasteiger partial charge is 0.461 e. The molecule has 20 heavy (non-hydrogen) atoms. The van der Waals surface area contributed by atoms with Gasteiger partial charge in [0.15, 0.2) is 5.78 Å². The number of carbonyl (C=O) groups is 1. The van der Waals surface area contributed by atoms with E-state index in [-0.39, 0.29) is 5.78 Å². The van der Waals surface area contributed by atoms with Crippen LogP contribution in [0.1, 0.15) is 32.8 Å². The van der Waals surface area contributed by atoms with E-state index in [0.29, 0.717) is 16.9 Å². The molecule has 0 bridgehead atoms. The molecule has 0 spiro atoms. The molecule has 0 radical (unpaired) electrons. The van der Waals surface area contributed by atoms with Crippen molar-refractivity contribution in [1.82, 2.24) is 0 Å². The molecule has 0 aliphatic rings. The van der Waals surface area contributed by atoms with Crippen molar-refractivity contribution in [3.8, 4) is 0 Å². The second kappa shape index (κ2) is 4.64. The monoisotopic (exact) mass is 264 g/mol. The summed E-state index contributed by atoms with van der Waals surface area (Å²) in [6.07, 6.45) is 0. The predicted octanol–water partition coefficient (Wildman–Crippen LogP) is 4.59. The minimum atomic E-state index is 0.0202. The lowest BCUT2D eigenvalue weighted by Crippen LogP contribution is -2.02. The average Bonchev–Trinajstić information content (AvgIpc) is 2.74. The van der Waals surface area contributed by atoms with Crippen molar-refractivity contribution in [1.29, 1.82) is 0 Å². The van der Waals surface area contributed by atoms with E-state index in [9.17, 15) is 4.79 Å². The van der Waals surface area contributed by atoms with Gasteiger partial charge in [0, 0.05) is 10.9 Å². The van der Waals surface area contributed by atoms with Gasteiger partial charge < -0.3 is 4.42 Å². The number of aryl methyl sites for hydroxylation is 3. The molecule has 0 saturated heterocycles. The topological polar surface area (TPSA) is 30.2 Å². The highest BCUT2D eigenvalue weighted by Crippen LogP contribution is 2.28. The summed E-state index contributed by atoms with van der Waals surface area (Å²) in [6.45, 7) is 5.87. The predicted molar refractivity (Wildman–Crippen MR) is 80.3 cm³/mol. The van der Waals surface area contributed by atoms with Crippen molar-refractivity contribution in [3.63, 3.8) is 0 Å². The van der Waals surface area contributed by atoms with Crippen LogP contribution in [0.25, 0.3) is 11.0 Å². The zero-order valence-electron chi connectivity index (χ0n) is 11.9. The normalized spacial score (nSPS) is 10.9. The van der Waals surface area contributed by atoms with E-state index in [1.807, 2.05) is 63.2 Å². The zero-order valence-corrected chi connectivity index (χ0v) is 11.9. The first-order chi connectivity index (χ1) is 9.56. The smallest absolute Gasteiger partial charge is 0.197 e. The number of hydrogen-bond donors (Lipinski definition) is 0. The quantitative estimate of drug-likeness (QED) is 0.634. The van der Waals surface area contributed by atoms with Gasteiger partial charge in [-0.25, -0.2) is 0 Å². The lowest BCUT2D eigenvalue weighted by molar-refractivity contribution is 0.103. The van der Waals surface area contributed by atoms with E-state index >= 15 is 0 Å². The molecule has 2 heteroatoms. The minimum Gasteiger partial charge on any atom is -0.461 e. The van der Waals surface area contributed by atoms with Gasteiger partial charge in [0.2, 0.25) is 0 Å². The first-order valence-electron chi connectivity index (χ1n) is 6.67. The maximum Gasteiger partial charge on any atom is 0.197 e. The van der Waals surface area contributed by atoms with Crippen LogP contribution in [0.5, 0.6) is 0 Å². The van der Waals surface area contributed by atoms with Crippen molar-refractivity contribution in [2.75, 3.05) is 0 Å². The molecule has 0 fully saturated rings. The Labute approximate surface area is 118 Å². The molecule has 3 rings (SSSR count). The van der Waals surface area contributed by atoms with Crippen LogP contribution in [0.4, 0.5) is 0 Å². The number of fused-ring (bicyclic) bond motifs is 1. The molecule has 100 valence electrons. The maximum atomic E-state index is 12.7. The van der Waals surface area contributed by atoms with E-state index in [4.69, 9.17) is 4.42 Å². The van der Waals surface area contributed by atoms with Gasteiger partial charge in [-0.15, -0.1) is 0 Å². The van der Waals surface area contributed by atoms with Gasteiger partial charge in [0.05, 0.1) is 5.56 Å². The molecule has 0 N–H and O–H groups in total. The van der Waals surface area contributed by atoms with Crippen LogP contribution in [0.15, 0.2) is 46.9 Å². The van der Waals surface area contributed by atoms with Gasteiger partial charge in [-0.05, 0) is 32.9 Å². The fourth-order valence-electron chi connectivity index (χ4n) is 2.47. The Kier molecular flexibility index (Phi) is 2.94. The lowest BCUT2D eigenvalue weighted by Gasteiger charge is -2.01. The first-order valence-corrected chi connectivity index (χ1v) is 6.67. The molecule has 0 amide bonds. The van der Waals surface area contributed by atoms with Crippen LogP contribution in [-0.4, -0.2) is 5.78 Å². The summed E-state index contributed by atoms with van der Waals surface area (Å²) in [5.74, 6) is 0.697. The summed E-state index contributed by atoms with van der Waals surface area (Å²) in [7, 11) is 0. The van der Waals surface area contributed by atoms with Crippen LogP contribution >= 0.6 is 0 Å². The molecule has 2 aromatic carbocycles. The highest BCUT2D eigenvalue weighted by atomic mass is 16.3. The van der Waals surface area contributed by atoms with E-state index in [0.717, 1.165) is 22.1 Å². The fourth-order valence-corrected chi connectivity index (χ4v) is 2.47. The summed E-state index contributed by atoms with van der Waals surface area (Å²) < 4.78 is 5.70. The number of benzene rings is 2. The SMILES string of the molecule is Cc1ccc(C(=O)c2c(C)oc3ccc(C)cc23)cc1. The second-order valence-corrected chi connectivity index (χ2v) is 5.23.